The second kappa shape index (κ2) is 8.91. The third-order valence-electron chi connectivity index (χ3n) is 3.68. The largest absolute Gasteiger partial charge is 0.456 e. The van der Waals surface area contributed by atoms with Gasteiger partial charge in [-0.3, -0.25) is 10.1 Å². The summed E-state index contributed by atoms with van der Waals surface area (Å²) in [6, 6.07) is 6.38. The molecule has 0 aliphatic heterocycles. The highest BCUT2D eigenvalue weighted by Crippen LogP contribution is 2.38. The first kappa shape index (κ1) is 22.2. The average molecular weight is 439 g/mol. The van der Waals surface area contributed by atoms with E-state index in [2.05, 4.69) is 0 Å². The zero-order chi connectivity index (χ0) is 21.1. The Hall–Kier alpha value is -2.13. The normalized spacial score (nSPS) is 11.6. The Morgan fingerprint density at radius 3 is 2.46 bits per heavy atom. The van der Waals surface area contributed by atoms with E-state index in [1.165, 1.54) is 30.1 Å². The molecule has 0 aromatic heterocycles. The summed E-state index contributed by atoms with van der Waals surface area (Å²) in [5.74, 6) is 0.0655. The highest BCUT2D eigenvalue weighted by Gasteiger charge is 2.31. The van der Waals surface area contributed by atoms with E-state index in [0.29, 0.717) is 0 Å². The first-order valence-electron chi connectivity index (χ1n) is 7.68. The minimum atomic E-state index is -4.55. The van der Waals surface area contributed by atoms with E-state index in [-0.39, 0.29) is 40.6 Å². The molecule has 0 radical (unpaired) electrons. The van der Waals surface area contributed by atoms with Crippen LogP contribution >= 0.6 is 20.0 Å². The van der Waals surface area contributed by atoms with Crippen molar-refractivity contribution >= 4 is 31.4 Å². The highest BCUT2D eigenvalue weighted by atomic mass is 35.5. The van der Waals surface area contributed by atoms with Gasteiger partial charge in [-0.25, -0.2) is 0 Å². The Bertz CT molecular complexity index is 867. The van der Waals surface area contributed by atoms with Gasteiger partial charge in [0, 0.05) is 31.9 Å². The molecule has 2 aromatic rings. The lowest BCUT2D eigenvalue weighted by molar-refractivity contribution is -0.384. The van der Waals surface area contributed by atoms with Crippen LogP contribution in [-0.4, -0.2) is 34.5 Å². The van der Waals surface area contributed by atoms with E-state index < -0.39 is 25.0 Å². The number of rotatable bonds is 7. The second-order valence-electron chi connectivity index (χ2n) is 5.67. The van der Waals surface area contributed by atoms with E-state index in [9.17, 15) is 23.3 Å². The van der Waals surface area contributed by atoms with E-state index in [4.69, 9.17) is 26.1 Å². The topological polar surface area (TPSA) is 96.1 Å². The third-order valence-corrected chi connectivity index (χ3v) is 4.57. The van der Waals surface area contributed by atoms with Crippen molar-refractivity contribution in [1.29, 1.82) is 0 Å². The molecule has 0 unspecified atom stereocenters. The summed E-state index contributed by atoms with van der Waals surface area (Å²) in [7, 11) is -0.641. The fourth-order valence-corrected chi connectivity index (χ4v) is 2.97. The zero-order valence-electron chi connectivity index (χ0n) is 14.4. The molecule has 28 heavy (non-hydrogen) atoms. The Kier molecular flexibility index (Phi) is 7.06. The Balaban J connectivity index is 2.32. The second-order valence-corrected chi connectivity index (χ2v) is 7.27. The molecule has 0 atom stereocenters. The molecule has 7 nitrogen and oxygen atoms in total. The molecule has 2 N–H and O–H groups in total. The quantitative estimate of drug-likeness (QED) is 0.366. The minimum absolute atomic E-state index is 0.0127. The Labute approximate surface area is 164 Å². The van der Waals surface area contributed by atoms with Gasteiger partial charge in [-0.1, -0.05) is 11.6 Å². The predicted octanol–water partition coefficient (Wildman–Crippen LogP) is 4.79. The van der Waals surface area contributed by atoms with Crippen LogP contribution in [0, 0.1) is 10.1 Å². The number of nitrogens with zero attached hydrogens (tertiary/aromatic N) is 2. The monoisotopic (exact) mass is 438 g/mol. The van der Waals surface area contributed by atoms with Crippen LogP contribution in [0.25, 0.3) is 0 Å². The third kappa shape index (κ3) is 5.68. The predicted molar refractivity (Wildman–Crippen MR) is 99.1 cm³/mol. The van der Waals surface area contributed by atoms with Crippen LogP contribution in [0.15, 0.2) is 36.4 Å². The summed E-state index contributed by atoms with van der Waals surface area (Å²) in [4.78, 5) is 30.1. The molecule has 0 heterocycles. The van der Waals surface area contributed by atoms with Crippen LogP contribution in [0.3, 0.4) is 0 Å². The summed E-state index contributed by atoms with van der Waals surface area (Å²) in [5.41, 5.74) is -1.03. The van der Waals surface area contributed by atoms with Gasteiger partial charge < -0.3 is 19.4 Å². The van der Waals surface area contributed by atoms with Crippen molar-refractivity contribution < 1.29 is 32.6 Å². The Morgan fingerprint density at radius 1 is 1.25 bits per heavy atom. The summed E-state index contributed by atoms with van der Waals surface area (Å²) < 4.78 is 43.6. The zero-order valence-corrected chi connectivity index (χ0v) is 16.0. The van der Waals surface area contributed by atoms with E-state index in [1.807, 2.05) is 0 Å². The lowest BCUT2D eigenvalue weighted by Crippen LogP contribution is -2.21. The van der Waals surface area contributed by atoms with Gasteiger partial charge in [-0.15, -0.1) is 0 Å². The van der Waals surface area contributed by atoms with Crippen molar-refractivity contribution in [2.24, 2.45) is 0 Å². The number of benzene rings is 2. The van der Waals surface area contributed by atoms with Crippen LogP contribution in [0.5, 0.6) is 11.5 Å². The molecule has 2 rings (SSSR count). The van der Waals surface area contributed by atoms with Crippen LogP contribution in [0.4, 0.5) is 24.5 Å². The maximum Gasteiger partial charge on any atom is 0.416 e. The Morgan fingerprint density at radius 2 is 1.93 bits per heavy atom. The molecule has 152 valence electrons. The number of nitro groups is 1. The molecular weight excluding hydrogens is 424 g/mol. The number of anilines is 1. The molecule has 2 aromatic carbocycles. The van der Waals surface area contributed by atoms with Gasteiger partial charge in [-0.2, -0.15) is 13.2 Å². The molecule has 0 aliphatic carbocycles. The molecular formula is C16H15ClF3N2O5P. The van der Waals surface area contributed by atoms with Crippen LogP contribution in [0.2, 0.25) is 5.02 Å². The van der Waals surface area contributed by atoms with Gasteiger partial charge in [0.1, 0.15) is 17.2 Å². The number of halogens is 4. The van der Waals surface area contributed by atoms with E-state index in [0.717, 1.165) is 18.2 Å². The summed E-state index contributed by atoms with van der Waals surface area (Å²) >= 11 is 5.86. The SMILES string of the molecule is CN(CCP(O)O)c1cc(Oc2ccc(C(F)(F)F)cc2Cl)ccc1[N+](=O)[O-]. The molecule has 0 amide bonds. The molecule has 0 aliphatic rings. The van der Waals surface area contributed by atoms with Crippen molar-refractivity contribution in [3.05, 3.63) is 57.1 Å². The van der Waals surface area contributed by atoms with Gasteiger partial charge in [0.25, 0.3) is 5.69 Å². The number of hydrogen-bond acceptors (Lipinski definition) is 6. The van der Waals surface area contributed by atoms with Crippen molar-refractivity contribution in [2.45, 2.75) is 6.18 Å². The minimum Gasteiger partial charge on any atom is -0.456 e. The highest BCUT2D eigenvalue weighted by molar-refractivity contribution is 7.45. The molecule has 0 fully saturated rings. The summed E-state index contributed by atoms with van der Waals surface area (Å²) in [5, 5.41) is 11.0. The van der Waals surface area contributed by atoms with Gasteiger partial charge in [0.15, 0.2) is 8.38 Å². The number of nitro benzene ring substituents is 1. The number of alkyl halides is 3. The molecule has 0 bridgehead atoms. The number of hydrogen-bond donors (Lipinski definition) is 2. The maximum atomic E-state index is 12.7. The first-order valence-corrected chi connectivity index (χ1v) is 9.49. The van der Waals surface area contributed by atoms with E-state index in [1.54, 1.807) is 0 Å². The smallest absolute Gasteiger partial charge is 0.416 e. The van der Waals surface area contributed by atoms with Gasteiger partial charge in [0.05, 0.1) is 15.5 Å². The van der Waals surface area contributed by atoms with Crippen LogP contribution < -0.4 is 9.64 Å². The average Bonchev–Trinajstić information content (AvgIpc) is 2.60. The lowest BCUT2D eigenvalue weighted by Gasteiger charge is -2.20. The summed E-state index contributed by atoms with van der Waals surface area (Å²) in [6.45, 7) is 0.129. The molecule has 0 spiro atoms. The fourth-order valence-electron chi connectivity index (χ4n) is 2.27. The molecule has 12 heteroatoms. The molecule has 0 saturated heterocycles. The lowest BCUT2D eigenvalue weighted by atomic mass is 10.2. The van der Waals surface area contributed by atoms with Crippen molar-refractivity contribution in [2.75, 3.05) is 24.7 Å². The van der Waals surface area contributed by atoms with Crippen LogP contribution in [-0.2, 0) is 6.18 Å². The standard InChI is InChI=1S/C16H15ClF3N2O5P/c1-21(6-7-28(25)26)14-9-11(3-4-13(14)22(23)24)27-15-5-2-10(8-12(15)17)16(18,19)20/h2-5,8-9,25-26H,6-7H2,1H3. The van der Waals surface area contributed by atoms with Crippen LogP contribution in [0.1, 0.15) is 5.56 Å². The summed E-state index contributed by atoms with van der Waals surface area (Å²) in [6.07, 6.45) is -4.54. The molecule has 0 saturated carbocycles. The fraction of sp³-hybridized carbons (Fsp3) is 0.250. The van der Waals surface area contributed by atoms with Crippen molar-refractivity contribution in [1.82, 2.24) is 0 Å². The van der Waals surface area contributed by atoms with Gasteiger partial charge >= 0.3 is 6.18 Å². The number of ether oxygens (including phenoxy) is 1. The maximum absolute atomic E-state index is 12.7. The van der Waals surface area contributed by atoms with Gasteiger partial charge in [0.2, 0.25) is 0 Å². The first-order chi connectivity index (χ1) is 13.0. The van der Waals surface area contributed by atoms with Crippen molar-refractivity contribution in [3.63, 3.8) is 0 Å². The van der Waals surface area contributed by atoms with E-state index >= 15 is 0 Å². The van der Waals surface area contributed by atoms with Crippen molar-refractivity contribution in [3.8, 4) is 11.5 Å². The van der Waals surface area contributed by atoms with Gasteiger partial charge in [-0.05, 0) is 24.3 Å².